The van der Waals surface area contributed by atoms with Crippen LogP contribution in [0.2, 0.25) is 0 Å². The van der Waals surface area contributed by atoms with Gasteiger partial charge in [0.15, 0.2) is 0 Å². The maximum atomic E-state index is 12.8. The average Bonchev–Trinajstić information content (AvgIpc) is 3.02. The normalized spacial score (nSPS) is 10.7. The van der Waals surface area contributed by atoms with Gasteiger partial charge in [0.25, 0.3) is 0 Å². The molecule has 1 amide bonds. The van der Waals surface area contributed by atoms with Crippen molar-refractivity contribution in [1.29, 1.82) is 0 Å². The van der Waals surface area contributed by atoms with Crippen LogP contribution in [0.15, 0.2) is 51.8 Å². The molecule has 0 aliphatic rings. The lowest BCUT2D eigenvalue weighted by Gasteiger charge is -2.02. The van der Waals surface area contributed by atoms with Gasteiger partial charge in [0, 0.05) is 10.5 Å². The summed E-state index contributed by atoms with van der Waals surface area (Å²) in [6.07, 6.45) is 0. The molecule has 0 aliphatic heterocycles. The summed E-state index contributed by atoms with van der Waals surface area (Å²) < 4.78 is 18.4. The first-order chi connectivity index (χ1) is 12.0. The van der Waals surface area contributed by atoms with E-state index in [1.54, 1.807) is 12.1 Å². The molecule has 0 spiro atoms. The molecular formula is C18H16FN3O2S. The van der Waals surface area contributed by atoms with Crippen molar-refractivity contribution < 1.29 is 13.6 Å². The van der Waals surface area contributed by atoms with Gasteiger partial charge in [-0.15, -0.1) is 16.9 Å². The fourth-order valence-corrected chi connectivity index (χ4v) is 3.02. The van der Waals surface area contributed by atoms with Gasteiger partial charge >= 0.3 is 6.01 Å². The molecule has 0 bridgehead atoms. The third kappa shape index (κ3) is 4.67. The summed E-state index contributed by atoms with van der Waals surface area (Å²) in [5.41, 5.74) is 3.00. The van der Waals surface area contributed by atoms with Gasteiger partial charge < -0.3 is 4.42 Å². The van der Waals surface area contributed by atoms with E-state index in [0.717, 1.165) is 21.6 Å². The zero-order valence-corrected chi connectivity index (χ0v) is 14.6. The number of amides is 1. The second-order valence-electron chi connectivity index (χ2n) is 5.58. The second-order valence-corrected chi connectivity index (χ2v) is 6.63. The van der Waals surface area contributed by atoms with E-state index in [-0.39, 0.29) is 23.5 Å². The molecule has 0 unspecified atom stereocenters. The van der Waals surface area contributed by atoms with Crippen LogP contribution in [0.5, 0.6) is 0 Å². The molecular weight excluding hydrogens is 341 g/mol. The van der Waals surface area contributed by atoms with Crippen LogP contribution in [0, 0.1) is 19.7 Å². The summed E-state index contributed by atoms with van der Waals surface area (Å²) in [5, 5.41) is 10.4. The van der Waals surface area contributed by atoms with Crippen LogP contribution < -0.4 is 5.32 Å². The van der Waals surface area contributed by atoms with Crippen LogP contribution >= 0.6 is 11.8 Å². The molecule has 0 saturated carbocycles. The van der Waals surface area contributed by atoms with E-state index >= 15 is 0 Å². The van der Waals surface area contributed by atoms with E-state index in [1.165, 1.54) is 23.9 Å². The lowest BCUT2D eigenvalue weighted by molar-refractivity contribution is -0.113. The number of nitrogens with one attached hydrogen (secondary N) is 1. The van der Waals surface area contributed by atoms with E-state index in [4.69, 9.17) is 4.42 Å². The third-order valence-corrected chi connectivity index (χ3v) is 4.34. The van der Waals surface area contributed by atoms with Gasteiger partial charge in [0.1, 0.15) is 5.82 Å². The van der Waals surface area contributed by atoms with Gasteiger partial charge in [-0.25, -0.2) is 4.39 Å². The zero-order valence-electron chi connectivity index (χ0n) is 13.7. The average molecular weight is 357 g/mol. The fraction of sp³-hybridized carbons (Fsp3) is 0.167. The van der Waals surface area contributed by atoms with Crippen molar-refractivity contribution in [2.24, 2.45) is 0 Å². The number of halogens is 1. The van der Waals surface area contributed by atoms with Crippen molar-refractivity contribution >= 4 is 23.7 Å². The number of benzene rings is 2. The van der Waals surface area contributed by atoms with E-state index in [1.807, 2.05) is 26.0 Å². The lowest BCUT2D eigenvalue weighted by Crippen LogP contribution is -2.14. The predicted molar refractivity (Wildman–Crippen MR) is 95.0 cm³/mol. The van der Waals surface area contributed by atoms with Crippen LogP contribution in [0.4, 0.5) is 10.4 Å². The Bertz CT molecular complexity index is 873. The summed E-state index contributed by atoms with van der Waals surface area (Å²) in [5.74, 6) is -0.0656. The molecule has 0 atom stereocenters. The van der Waals surface area contributed by atoms with E-state index < -0.39 is 0 Å². The number of aryl methyl sites for hydroxylation is 2. The molecule has 5 nitrogen and oxygen atoms in total. The van der Waals surface area contributed by atoms with Crippen molar-refractivity contribution in [2.45, 2.75) is 18.7 Å². The van der Waals surface area contributed by atoms with Crippen molar-refractivity contribution in [2.75, 3.05) is 11.1 Å². The molecule has 1 N–H and O–H groups in total. The monoisotopic (exact) mass is 357 g/mol. The van der Waals surface area contributed by atoms with Crippen LogP contribution in [0.25, 0.3) is 11.5 Å². The van der Waals surface area contributed by atoms with Crippen molar-refractivity contribution in [3.8, 4) is 11.5 Å². The minimum atomic E-state index is -0.307. The summed E-state index contributed by atoms with van der Waals surface area (Å²) in [7, 11) is 0. The standard InChI is InChI=1S/C18H16FN3O2S/c1-11-7-12(2)9-13(8-11)17-21-22-18(24-17)20-16(23)10-25-15-5-3-14(19)4-6-15/h3-9H,10H2,1-2H3,(H,20,22,23). The predicted octanol–water partition coefficient (Wildman–Crippen LogP) is 4.22. The van der Waals surface area contributed by atoms with Gasteiger partial charge in [0.2, 0.25) is 11.8 Å². The number of thioether (sulfide) groups is 1. The molecule has 1 heterocycles. The van der Waals surface area contributed by atoms with Gasteiger partial charge in [-0.1, -0.05) is 22.3 Å². The highest BCUT2D eigenvalue weighted by molar-refractivity contribution is 8.00. The van der Waals surface area contributed by atoms with Gasteiger partial charge in [-0.3, -0.25) is 10.1 Å². The molecule has 0 fully saturated rings. The molecule has 0 radical (unpaired) electrons. The van der Waals surface area contributed by atoms with Crippen LogP contribution in [-0.4, -0.2) is 21.9 Å². The summed E-state index contributed by atoms with van der Waals surface area (Å²) >= 11 is 1.30. The Morgan fingerprint density at radius 1 is 1.12 bits per heavy atom. The number of nitrogens with zero attached hydrogens (tertiary/aromatic N) is 2. The van der Waals surface area contributed by atoms with Crippen LogP contribution in [0.3, 0.4) is 0 Å². The highest BCUT2D eigenvalue weighted by atomic mass is 32.2. The highest BCUT2D eigenvalue weighted by Crippen LogP contribution is 2.23. The second kappa shape index (κ2) is 7.48. The molecule has 2 aromatic carbocycles. The lowest BCUT2D eigenvalue weighted by atomic mass is 10.1. The summed E-state index contributed by atoms with van der Waals surface area (Å²) in [6, 6.07) is 11.9. The van der Waals surface area contributed by atoms with Gasteiger partial charge in [-0.2, -0.15) is 0 Å². The molecule has 3 rings (SSSR count). The summed E-state index contributed by atoms with van der Waals surface area (Å²) in [6.45, 7) is 3.98. The summed E-state index contributed by atoms with van der Waals surface area (Å²) in [4.78, 5) is 12.8. The number of carbonyl (C=O) groups excluding carboxylic acids is 1. The quantitative estimate of drug-likeness (QED) is 0.692. The van der Waals surface area contributed by atoms with Crippen molar-refractivity contribution in [1.82, 2.24) is 10.2 Å². The van der Waals surface area contributed by atoms with Gasteiger partial charge in [0.05, 0.1) is 5.75 Å². The van der Waals surface area contributed by atoms with E-state index in [2.05, 4.69) is 21.6 Å². The molecule has 3 aromatic rings. The number of aromatic nitrogens is 2. The molecule has 1 aromatic heterocycles. The molecule has 0 saturated heterocycles. The van der Waals surface area contributed by atoms with E-state index in [9.17, 15) is 9.18 Å². The topological polar surface area (TPSA) is 68.0 Å². The number of hydrogen-bond acceptors (Lipinski definition) is 5. The Morgan fingerprint density at radius 3 is 2.48 bits per heavy atom. The van der Waals surface area contributed by atoms with E-state index in [0.29, 0.717) is 5.89 Å². The Kier molecular flexibility index (Phi) is 5.14. The van der Waals surface area contributed by atoms with Crippen LogP contribution in [0.1, 0.15) is 11.1 Å². The number of carbonyl (C=O) groups is 1. The van der Waals surface area contributed by atoms with Crippen LogP contribution in [-0.2, 0) is 4.79 Å². The Hall–Kier alpha value is -2.67. The Labute approximate surface area is 148 Å². The van der Waals surface area contributed by atoms with Gasteiger partial charge in [-0.05, 0) is 50.2 Å². The highest BCUT2D eigenvalue weighted by Gasteiger charge is 2.12. The first kappa shape index (κ1) is 17.2. The molecule has 7 heteroatoms. The Morgan fingerprint density at radius 2 is 1.80 bits per heavy atom. The third-order valence-electron chi connectivity index (χ3n) is 3.32. The first-order valence-electron chi connectivity index (χ1n) is 7.60. The number of hydrogen-bond donors (Lipinski definition) is 1. The zero-order chi connectivity index (χ0) is 17.8. The Balaban J connectivity index is 1.60. The number of rotatable bonds is 5. The fourth-order valence-electron chi connectivity index (χ4n) is 2.32. The minimum absolute atomic E-state index is 0.0545. The van der Waals surface area contributed by atoms with Crippen molar-refractivity contribution in [3.63, 3.8) is 0 Å². The maximum Gasteiger partial charge on any atom is 0.322 e. The first-order valence-corrected chi connectivity index (χ1v) is 8.58. The minimum Gasteiger partial charge on any atom is -0.403 e. The smallest absolute Gasteiger partial charge is 0.322 e. The maximum absolute atomic E-state index is 12.8. The molecule has 25 heavy (non-hydrogen) atoms. The molecule has 0 aliphatic carbocycles. The largest absolute Gasteiger partial charge is 0.403 e. The molecule has 128 valence electrons. The van der Waals surface area contributed by atoms with Crippen molar-refractivity contribution in [3.05, 3.63) is 59.4 Å². The number of anilines is 1. The SMILES string of the molecule is Cc1cc(C)cc(-c2nnc(NC(=O)CSc3ccc(F)cc3)o2)c1.